The van der Waals surface area contributed by atoms with Gasteiger partial charge >= 0.3 is 5.97 Å². The molecule has 0 aliphatic carbocycles. The number of nitrogens with one attached hydrogen (secondary N) is 1. The minimum absolute atomic E-state index is 0.123. The van der Waals surface area contributed by atoms with Crippen LogP contribution in [0.1, 0.15) is 47.1 Å². The van der Waals surface area contributed by atoms with Crippen molar-refractivity contribution in [1.82, 2.24) is 0 Å². The van der Waals surface area contributed by atoms with Crippen LogP contribution in [0, 0.1) is 13.8 Å². The van der Waals surface area contributed by atoms with Crippen molar-refractivity contribution in [2.75, 3.05) is 11.9 Å². The Morgan fingerprint density at radius 3 is 2.50 bits per heavy atom. The summed E-state index contributed by atoms with van der Waals surface area (Å²) >= 11 is 1.39. The molecule has 0 aliphatic heterocycles. The Kier molecular flexibility index (Phi) is 6.80. The monoisotopic (exact) mass is 375 g/mol. The zero-order valence-electron chi connectivity index (χ0n) is 15.8. The van der Waals surface area contributed by atoms with Crippen LogP contribution in [0.3, 0.4) is 0 Å². The van der Waals surface area contributed by atoms with E-state index >= 15 is 0 Å². The summed E-state index contributed by atoms with van der Waals surface area (Å²) in [5.41, 5.74) is 2.32. The molecule has 140 valence electrons. The van der Waals surface area contributed by atoms with Gasteiger partial charge in [0.05, 0.1) is 11.7 Å². The van der Waals surface area contributed by atoms with Crippen LogP contribution in [0.4, 0.5) is 5.00 Å². The van der Waals surface area contributed by atoms with Gasteiger partial charge in [0.2, 0.25) is 0 Å². The highest BCUT2D eigenvalue weighted by atomic mass is 32.1. The van der Waals surface area contributed by atoms with E-state index in [1.54, 1.807) is 13.8 Å². The van der Waals surface area contributed by atoms with Crippen LogP contribution in [-0.2, 0) is 16.0 Å². The third kappa shape index (κ3) is 4.85. The van der Waals surface area contributed by atoms with Crippen LogP contribution >= 0.6 is 11.3 Å². The molecule has 6 heteroatoms. The normalized spacial score (nSPS) is 10.7. The SMILES string of the molecule is CCc1c(C)sc(NC(=O)COc2ccccc2C)c1C(=O)OC(C)C. The lowest BCUT2D eigenvalue weighted by atomic mass is 10.1. The zero-order chi connectivity index (χ0) is 19.3. The molecule has 0 atom stereocenters. The fourth-order valence-electron chi connectivity index (χ4n) is 2.61. The number of benzene rings is 1. The molecule has 1 N–H and O–H groups in total. The predicted octanol–water partition coefficient (Wildman–Crippen LogP) is 4.51. The number of carbonyl (C=O) groups is 2. The smallest absolute Gasteiger partial charge is 0.341 e. The van der Waals surface area contributed by atoms with E-state index in [4.69, 9.17) is 9.47 Å². The number of esters is 1. The van der Waals surface area contributed by atoms with Gasteiger partial charge in [0.1, 0.15) is 10.8 Å². The fourth-order valence-corrected chi connectivity index (χ4v) is 3.76. The molecule has 1 heterocycles. The number of ether oxygens (including phenoxy) is 2. The van der Waals surface area contributed by atoms with E-state index in [2.05, 4.69) is 5.32 Å². The Labute approximate surface area is 158 Å². The second-order valence-corrected chi connectivity index (χ2v) is 7.48. The maximum Gasteiger partial charge on any atom is 0.341 e. The van der Waals surface area contributed by atoms with Gasteiger partial charge in [0.15, 0.2) is 6.61 Å². The molecule has 1 aromatic heterocycles. The first-order valence-corrected chi connectivity index (χ1v) is 9.46. The first kappa shape index (κ1) is 20.0. The number of hydrogen-bond donors (Lipinski definition) is 1. The first-order chi connectivity index (χ1) is 12.3. The minimum atomic E-state index is -0.406. The standard InChI is InChI=1S/C20H25NO4S/c1-6-15-14(5)26-19(18(15)20(23)25-12(2)3)21-17(22)11-24-16-10-8-7-9-13(16)4/h7-10,12H,6,11H2,1-5H3,(H,21,22). The van der Waals surface area contributed by atoms with Gasteiger partial charge in [-0.2, -0.15) is 0 Å². The second kappa shape index (κ2) is 8.85. The maximum atomic E-state index is 12.5. The van der Waals surface area contributed by atoms with Crippen molar-refractivity contribution >= 4 is 28.2 Å². The number of anilines is 1. The van der Waals surface area contributed by atoms with Crippen molar-refractivity contribution in [1.29, 1.82) is 0 Å². The molecule has 0 saturated heterocycles. The third-order valence-corrected chi connectivity index (χ3v) is 4.88. The van der Waals surface area contributed by atoms with Gasteiger partial charge in [0.25, 0.3) is 5.91 Å². The molecular weight excluding hydrogens is 350 g/mol. The maximum absolute atomic E-state index is 12.5. The van der Waals surface area contributed by atoms with Crippen molar-refractivity contribution in [2.24, 2.45) is 0 Å². The van der Waals surface area contributed by atoms with Crippen LogP contribution in [0.5, 0.6) is 5.75 Å². The van der Waals surface area contributed by atoms with E-state index in [1.165, 1.54) is 11.3 Å². The Bertz CT molecular complexity index is 795. The molecule has 0 aliphatic rings. The average Bonchev–Trinajstić information content (AvgIpc) is 2.88. The van der Waals surface area contributed by atoms with Gasteiger partial charge in [-0.05, 0) is 51.3 Å². The molecule has 26 heavy (non-hydrogen) atoms. The summed E-state index contributed by atoms with van der Waals surface area (Å²) in [6, 6.07) is 7.51. The van der Waals surface area contributed by atoms with E-state index in [9.17, 15) is 9.59 Å². The largest absolute Gasteiger partial charge is 0.483 e. The summed E-state index contributed by atoms with van der Waals surface area (Å²) in [6.45, 7) is 9.32. The number of amides is 1. The summed E-state index contributed by atoms with van der Waals surface area (Å²) in [5, 5.41) is 3.32. The number of carbonyl (C=O) groups excluding carboxylic acids is 2. The third-order valence-electron chi connectivity index (χ3n) is 3.81. The van der Waals surface area contributed by atoms with Crippen LogP contribution in [0.15, 0.2) is 24.3 Å². The van der Waals surface area contributed by atoms with Crippen molar-refractivity contribution in [2.45, 2.75) is 47.1 Å². The Hall–Kier alpha value is -2.34. The molecule has 5 nitrogen and oxygen atoms in total. The van der Waals surface area contributed by atoms with Crippen molar-refractivity contribution in [3.63, 3.8) is 0 Å². The Balaban J connectivity index is 2.14. The molecule has 0 saturated carbocycles. The molecule has 0 unspecified atom stereocenters. The highest BCUT2D eigenvalue weighted by Crippen LogP contribution is 2.34. The molecule has 2 rings (SSSR count). The minimum Gasteiger partial charge on any atom is -0.483 e. The van der Waals surface area contributed by atoms with Crippen LogP contribution in [0.25, 0.3) is 0 Å². The summed E-state index contributed by atoms with van der Waals surface area (Å²) < 4.78 is 10.9. The molecule has 0 fully saturated rings. The number of aryl methyl sites for hydroxylation is 2. The highest BCUT2D eigenvalue weighted by molar-refractivity contribution is 7.16. The average molecular weight is 375 g/mol. The molecule has 0 radical (unpaired) electrons. The second-order valence-electron chi connectivity index (χ2n) is 6.25. The van der Waals surface area contributed by atoms with Crippen molar-refractivity contribution in [3.8, 4) is 5.75 Å². The van der Waals surface area contributed by atoms with Crippen molar-refractivity contribution < 1.29 is 19.1 Å². The Morgan fingerprint density at radius 1 is 1.19 bits per heavy atom. The summed E-state index contributed by atoms with van der Waals surface area (Å²) in [7, 11) is 0. The number of rotatable bonds is 7. The van der Waals surface area contributed by atoms with Gasteiger partial charge < -0.3 is 14.8 Å². The van der Waals surface area contributed by atoms with E-state index in [1.807, 2.05) is 45.0 Å². The predicted molar refractivity (Wildman–Crippen MR) is 104 cm³/mol. The number of hydrogen-bond acceptors (Lipinski definition) is 5. The highest BCUT2D eigenvalue weighted by Gasteiger charge is 2.24. The summed E-state index contributed by atoms with van der Waals surface area (Å²) in [4.78, 5) is 25.8. The summed E-state index contributed by atoms with van der Waals surface area (Å²) in [5.74, 6) is -0.0502. The molecule has 0 bridgehead atoms. The lowest BCUT2D eigenvalue weighted by Crippen LogP contribution is -2.22. The molecule has 1 aromatic carbocycles. The number of para-hydroxylation sites is 1. The van der Waals surface area contributed by atoms with Crippen molar-refractivity contribution in [3.05, 3.63) is 45.8 Å². The van der Waals surface area contributed by atoms with Crippen LogP contribution in [-0.4, -0.2) is 24.6 Å². The zero-order valence-corrected chi connectivity index (χ0v) is 16.7. The van der Waals surface area contributed by atoms with Gasteiger partial charge in [-0.15, -0.1) is 11.3 Å². The van der Waals surface area contributed by atoms with E-state index < -0.39 is 5.97 Å². The van der Waals surface area contributed by atoms with Crippen LogP contribution in [0.2, 0.25) is 0 Å². The van der Waals surface area contributed by atoms with Gasteiger partial charge in [-0.1, -0.05) is 25.1 Å². The molecule has 1 amide bonds. The Morgan fingerprint density at radius 2 is 1.88 bits per heavy atom. The quantitative estimate of drug-likeness (QED) is 0.723. The van der Waals surface area contributed by atoms with Gasteiger partial charge in [-0.3, -0.25) is 4.79 Å². The molecular formula is C20H25NO4S. The topological polar surface area (TPSA) is 64.6 Å². The van der Waals surface area contributed by atoms with Gasteiger partial charge in [0, 0.05) is 4.88 Å². The van der Waals surface area contributed by atoms with Gasteiger partial charge in [-0.25, -0.2) is 4.79 Å². The fraction of sp³-hybridized carbons (Fsp3) is 0.400. The molecule has 0 spiro atoms. The van der Waals surface area contributed by atoms with E-state index in [-0.39, 0.29) is 18.6 Å². The van der Waals surface area contributed by atoms with Crippen LogP contribution < -0.4 is 10.1 Å². The lowest BCUT2D eigenvalue weighted by Gasteiger charge is -2.12. The first-order valence-electron chi connectivity index (χ1n) is 8.65. The van der Waals surface area contributed by atoms with E-state index in [0.717, 1.165) is 16.0 Å². The lowest BCUT2D eigenvalue weighted by molar-refractivity contribution is -0.118. The summed E-state index contributed by atoms with van der Waals surface area (Å²) in [6.07, 6.45) is 0.473. The molecule has 2 aromatic rings. The number of thiophene rings is 1. The van der Waals surface area contributed by atoms with E-state index in [0.29, 0.717) is 22.7 Å².